The van der Waals surface area contributed by atoms with E-state index >= 15 is 0 Å². The lowest BCUT2D eigenvalue weighted by Gasteiger charge is -2.19. The molecule has 27 heavy (non-hydrogen) atoms. The Labute approximate surface area is 164 Å². The molecule has 0 fully saturated rings. The number of hydrogen-bond acceptors (Lipinski definition) is 4. The molecule has 146 valence electrons. The molecule has 2 aromatic rings. The SMILES string of the molecule is CCCNC(=O)CC(NS(=O)(=O)c1ccc(Cl)cc1)c1ccc(OC)cc1. The van der Waals surface area contributed by atoms with Gasteiger partial charge in [-0.2, -0.15) is 0 Å². The predicted octanol–water partition coefficient (Wildman–Crippen LogP) is 3.28. The second-order valence-electron chi connectivity index (χ2n) is 5.96. The third-order valence-electron chi connectivity index (χ3n) is 3.90. The summed E-state index contributed by atoms with van der Waals surface area (Å²) in [6.07, 6.45) is 0.786. The van der Waals surface area contributed by atoms with Crippen LogP contribution in [0.25, 0.3) is 0 Å². The minimum absolute atomic E-state index is 0.0147. The number of amides is 1. The lowest BCUT2D eigenvalue weighted by Crippen LogP contribution is -2.34. The van der Waals surface area contributed by atoms with E-state index in [0.29, 0.717) is 22.9 Å². The number of rotatable bonds is 9. The van der Waals surface area contributed by atoms with E-state index in [4.69, 9.17) is 16.3 Å². The van der Waals surface area contributed by atoms with Crippen LogP contribution in [0.2, 0.25) is 5.02 Å². The monoisotopic (exact) mass is 410 g/mol. The van der Waals surface area contributed by atoms with Crippen molar-refractivity contribution in [3.8, 4) is 5.75 Å². The summed E-state index contributed by atoms with van der Waals surface area (Å²) in [4.78, 5) is 12.3. The van der Waals surface area contributed by atoms with Gasteiger partial charge >= 0.3 is 0 Å². The molecule has 0 heterocycles. The van der Waals surface area contributed by atoms with Crippen molar-refractivity contribution in [2.24, 2.45) is 0 Å². The van der Waals surface area contributed by atoms with Crippen molar-refractivity contribution in [2.45, 2.75) is 30.7 Å². The fourth-order valence-electron chi connectivity index (χ4n) is 2.45. The van der Waals surface area contributed by atoms with Crippen molar-refractivity contribution in [1.29, 1.82) is 0 Å². The van der Waals surface area contributed by atoms with Crippen molar-refractivity contribution in [2.75, 3.05) is 13.7 Å². The maximum atomic E-state index is 12.7. The van der Waals surface area contributed by atoms with Crippen LogP contribution in [0.3, 0.4) is 0 Å². The second kappa shape index (κ2) is 9.73. The molecule has 0 saturated heterocycles. The van der Waals surface area contributed by atoms with Crippen LogP contribution < -0.4 is 14.8 Å². The average molecular weight is 411 g/mol. The average Bonchev–Trinajstić information content (AvgIpc) is 2.66. The second-order valence-corrected chi connectivity index (χ2v) is 8.11. The molecular formula is C19H23ClN2O4S. The Kier molecular flexibility index (Phi) is 7.65. The Morgan fingerprint density at radius 1 is 1.11 bits per heavy atom. The van der Waals surface area contributed by atoms with Gasteiger partial charge in [0, 0.05) is 18.0 Å². The highest BCUT2D eigenvalue weighted by atomic mass is 35.5. The van der Waals surface area contributed by atoms with Crippen LogP contribution in [0.1, 0.15) is 31.4 Å². The number of ether oxygens (including phenoxy) is 1. The van der Waals surface area contributed by atoms with Gasteiger partial charge in [-0.15, -0.1) is 0 Å². The predicted molar refractivity (Wildman–Crippen MR) is 105 cm³/mol. The largest absolute Gasteiger partial charge is 0.497 e. The molecule has 6 nitrogen and oxygen atoms in total. The van der Waals surface area contributed by atoms with Crippen molar-refractivity contribution in [3.05, 3.63) is 59.1 Å². The van der Waals surface area contributed by atoms with Crippen LogP contribution in [0.5, 0.6) is 5.75 Å². The summed E-state index contributed by atoms with van der Waals surface area (Å²) in [7, 11) is -2.28. The minimum atomic E-state index is -3.83. The molecule has 1 amide bonds. The summed E-state index contributed by atoms with van der Waals surface area (Å²) >= 11 is 5.83. The number of sulfonamides is 1. The highest BCUT2D eigenvalue weighted by molar-refractivity contribution is 7.89. The first-order valence-corrected chi connectivity index (χ1v) is 10.4. The van der Waals surface area contributed by atoms with Crippen LogP contribution in [0.15, 0.2) is 53.4 Å². The molecule has 0 bridgehead atoms. The van der Waals surface area contributed by atoms with Gasteiger partial charge in [-0.3, -0.25) is 4.79 Å². The van der Waals surface area contributed by atoms with Gasteiger partial charge in [-0.1, -0.05) is 30.7 Å². The first-order valence-electron chi connectivity index (χ1n) is 8.54. The Morgan fingerprint density at radius 3 is 2.30 bits per heavy atom. The normalized spacial score (nSPS) is 12.4. The van der Waals surface area contributed by atoms with Crippen molar-refractivity contribution >= 4 is 27.5 Å². The third-order valence-corrected chi connectivity index (χ3v) is 5.64. The minimum Gasteiger partial charge on any atom is -0.497 e. The number of methoxy groups -OCH3 is 1. The summed E-state index contributed by atoms with van der Waals surface area (Å²) < 4.78 is 33.2. The van der Waals surface area contributed by atoms with Gasteiger partial charge in [-0.25, -0.2) is 13.1 Å². The van der Waals surface area contributed by atoms with Gasteiger partial charge in [0.15, 0.2) is 0 Å². The quantitative estimate of drug-likeness (QED) is 0.664. The first-order chi connectivity index (χ1) is 12.9. The number of benzene rings is 2. The smallest absolute Gasteiger partial charge is 0.241 e. The van der Waals surface area contributed by atoms with E-state index in [9.17, 15) is 13.2 Å². The molecule has 1 unspecified atom stereocenters. The lowest BCUT2D eigenvalue weighted by molar-refractivity contribution is -0.121. The number of carbonyl (C=O) groups is 1. The lowest BCUT2D eigenvalue weighted by atomic mass is 10.0. The van der Waals surface area contributed by atoms with Gasteiger partial charge in [0.2, 0.25) is 15.9 Å². The fraction of sp³-hybridized carbons (Fsp3) is 0.316. The molecule has 0 saturated carbocycles. The van der Waals surface area contributed by atoms with Crippen LogP contribution in [-0.2, 0) is 14.8 Å². The van der Waals surface area contributed by atoms with Gasteiger partial charge in [0.05, 0.1) is 18.0 Å². The van der Waals surface area contributed by atoms with Crippen LogP contribution in [0.4, 0.5) is 0 Å². The zero-order chi connectivity index (χ0) is 19.9. The van der Waals surface area contributed by atoms with Gasteiger partial charge in [-0.05, 0) is 48.4 Å². The van der Waals surface area contributed by atoms with E-state index in [1.807, 2.05) is 6.92 Å². The molecule has 8 heteroatoms. The standard InChI is InChI=1S/C19H23ClN2O4S/c1-3-12-21-19(23)13-18(14-4-8-16(26-2)9-5-14)22-27(24,25)17-10-6-15(20)7-11-17/h4-11,18,22H,3,12-13H2,1-2H3,(H,21,23). The van der Waals surface area contributed by atoms with Crippen molar-refractivity contribution < 1.29 is 17.9 Å². The molecule has 1 atom stereocenters. The van der Waals surface area contributed by atoms with Crippen LogP contribution in [-0.4, -0.2) is 28.0 Å². The Bertz CT molecular complexity index is 852. The summed E-state index contributed by atoms with van der Waals surface area (Å²) in [6.45, 7) is 2.49. The summed E-state index contributed by atoms with van der Waals surface area (Å²) in [6, 6.07) is 12.1. The fourth-order valence-corrected chi connectivity index (χ4v) is 3.81. The summed E-state index contributed by atoms with van der Waals surface area (Å²) in [5, 5.41) is 3.22. The summed E-state index contributed by atoms with van der Waals surface area (Å²) in [5.74, 6) is 0.421. The third kappa shape index (κ3) is 6.23. The molecule has 2 N–H and O–H groups in total. The Hall–Kier alpha value is -2.09. The van der Waals surface area contributed by atoms with E-state index in [-0.39, 0.29) is 17.2 Å². The number of nitrogens with one attached hydrogen (secondary N) is 2. The zero-order valence-electron chi connectivity index (χ0n) is 15.2. The van der Waals surface area contributed by atoms with E-state index < -0.39 is 16.1 Å². The topological polar surface area (TPSA) is 84.5 Å². The van der Waals surface area contributed by atoms with Gasteiger partial charge in [0.25, 0.3) is 0 Å². The van der Waals surface area contributed by atoms with Gasteiger partial charge in [0.1, 0.15) is 5.75 Å². The Morgan fingerprint density at radius 2 is 1.74 bits per heavy atom. The zero-order valence-corrected chi connectivity index (χ0v) is 16.8. The molecule has 2 aromatic carbocycles. The van der Waals surface area contributed by atoms with E-state index in [0.717, 1.165) is 6.42 Å². The maximum Gasteiger partial charge on any atom is 0.241 e. The molecule has 0 aromatic heterocycles. The highest BCUT2D eigenvalue weighted by Gasteiger charge is 2.23. The molecule has 0 aliphatic carbocycles. The van der Waals surface area contributed by atoms with E-state index in [1.54, 1.807) is 31.4 Å². The van der Waals surface area contributed by atoms with E-state index in [2.05, 4.69) is 10.0 Å². The van der Waals surface area contributed by atoms with E-state index in [1.165, 1.54) is 24.3 Å². The number of carbonyl (C=O) groups excluding carboxylic acids is 1. The molecule has 2 rings (SSSR count). The number of halogens is 1. The maximum absolute atomic E-state index is 12.7. The van der Waals surface area contributed by atoms with Crippen LogP contribution in [0, 0.1) is 0 Å². The molecule has 0 aliphatic rings. The number of hydrogen-bond donors (Lipinski definition) is 2. The highest BCUT2D eigenvalue weighted by Crippen LogP contribution is 2.23. The first kappa shape index (κ1) is 21.2. The summed E-state index contributed by atoms with van der Waals surface area (Å²) in [5.41, 5.74) is 0.667. The van der Waals surface area contributed by atoms with Crippen molar-refractivity contribution in [3.63, 3.8) is 0 Å². The van der Waals surface area contributed by atoms with Gasteiger partial charge < -0.3 is 10.1 Å². The molecular weight excluding hydrogens is 388 g/mol. The van der Waals surface area contributed by atoms with Crippen LogP contribution >= 0.6 is 11.6 Å². The molecule has 0 spiro atoms. The van der Waals surface area contributed by atoms with Crippen molar-refractivity contribution in [1.82, 2.24) is 10.0 Å². The molecule has 0 radical (unpaired) electrons. The molecule has 0 aliphatic heterocycles. The Balaban J connectivity index is 2.27.